The second kappa shape index (κ2) is 9.61. The molecule has 2 aromatic rings. The van der Waals surface area contributed by atoms with Gasteiger partial charge in [0.05, 0.1) is 10.7 Å². The fourth-order valence-electron chi connectivity index (χ4n) is 2.07. The van der Waals surface area contributed by atoms with Crippen LogP contribution in [-0.2, 0) is 6.42 Å². The Morgan fingerprint density at radius 1 is 1.38 bits per heavy atom. The van der Waals surface area contributed by atoms with Crippen molar-refractivity contribution in [2.45, 2.75) is 32.7 Å². The number of hydrogen-bond donors (Lipinski definition) is 2. The normalized spacial score (nSPS) is 11.7. The number of para-hydroxylation sites is 1. The first-order valence-electron chi connectivity index (χ1n) is 7.73. The van der Waals surface area contributed by atoms with Gasteiger partial charge in [0.25, 0.3) is 5.91 Å². The molecule has 2 N–H and O–H groups in total. The molecule has 0 bridgehead atoms. The molecule has 1 atom stereocenters. The summed E-state index contributed by atoms with van der Waals surface area (Å²) in [5, 5.41) is 10.8. The summed E-state index contributed by atoms with van der Waals surface area (Å²) in [5.74, 6) is 0.611. The van der Waals surface area contributed by atoms with Crippen molar-refractivity contribution in [2.24, 2.45) is 0 Å². The van der Waals surface area contributed by atoms with Crippen LogP contribution in [0.1, 0.15) is 36.7 Å². The molecule has 0 spiro atoms. The maximum absolute atomic E-state index is 12.2. The minimum atomic E-state index is -0.282. The molecule has 1 aromatic carbocycles. The lowest BCUT2D eigenvalue weighted by molar-refractivity contribution is 0.0940. The molecule has 6 nitrogen and oxygen atoms in total. The Morgan fingerprint density at radius 3 is 2.71 bits per heavy atom. The molecule has 0 aliphatic rings. The van der Waals surface area contributed by atoms with E-state index in [1.807, 2.05) is 32.2 Å². The maximum Gasteiger partial charge on any atom is 0.291 e. The van der Waals surface area contributed by atoms with Crippen LogP contribution in [0.3, 0.4) is 0 Å². The smallest absolute Gasteiger partial charge is 0.291 e. The minimum Gasteiger partial charge on any atom is -0.348 e. The number of carbonyl (C=O) groups is 1. The molecule has 1 aromatic heterocycles. The molecule has 0 fully saturated rings. The lowest BCUT2D eigenvalue weighted by Gasteiger charge is -2.09. The quantitative estimate of drug-likeness (QED) is 0.784. The number of nitrogens with zero attached hydrogens (tertiary/aromatic N) is 3. The summed E-state index contributed by atoms with van der Waals surface area (Å²) in [6, 6.07) is 7.57. The molecule has 0 aliphatic heterocycles. The van der Waals surface area contributed by atoms with Gasteiger partial charge in [0, 0.05) is 19.0 Å². The summed E-state index contributed by atoms with van der Waals surface area (Å²) in [5.41, 5.74) is 0.729. The number of amides is 1. The number of aromatic nitrogens is 3. The van der Waals surface area contributed by atoms with Gasteiger partial charge in [-0.1, -0.05) is 30.7 Å². The van der Waals surface area contributed by atoms with Crippen LogP contribution in [0.2, 0.25) is 5.02 Å². The highest BCUT2D eigenvalue weighted by Crippen LogP contribution is 2.21. The van der Waals surface area contributed by atoms with E-state index in [1.54, 1.807) is 10.7 Å². The van der Waals surface area contributed by atoms with Crippen molar-refractivity contribution in [3.8, 4) is 5.69 Å². The Kier molecular flexibility index (Phi) is 8.18. The van der Waals surface area contributed by atoms with E-state index >= 15 is 0 Å². The summed E-state index contributed by atoms with van der Waals surface area (Å²) in [6.45, 7) is 4.55. The van der Waals surface area contributed by atoms with E-state index < -0.39 is 0 Å². The summed E-state index contributed by atoms with van der Waals surface area (Å²) < 4.78 is 1.66. The van der Waals surface area contributed by atoms with Crippen LogP contribution in [0.5, 0.6) is 0 Å². The van der Waals surface area contributed by atoms with Gasteiger partial charge < -0.3 is 10.6 Å². The molecule has 1 heterocycles. The first kappa shape index (κ1) is 20.4. The average Bonchev–Trinajstić information content (AvgIpc) is 2.97. The Labute approximate surface area is 153 Å². The maximum atomic E-state index is 12.2. The van der Waals surface area contributed by atoms with Crippen LogP contribution in [0.4, 0.5) is 0 Å². The second-order valence-corrected chi connectivity index (χ2v) is 5.77. The van der Waals surface area contributed by atoms with E-state index in [-0.39, 0.29) is 30.2 Å². The molecule has 24 heavy (non-hydrogen) atoms. The van der Waals surface area contributed by atoms with Crippen molar-refractivity contribution >= 4 is 29.9 Å². The summed E-state index contributed by atoms with van der Waals surface area (Å²) in [7, 11) is 1.85. The molecule has 1 amide bonds. The topological polar surface area (TPSA) is 71.8 Å². The van der Waals surface area contributed by atoms with Gasteiger partial charge in [0.15, 0.2) is 0 Å². The summed E-state index contributed by atoms with van der Waals surface area (Å²) in [4.78, 5) is 16.6. The first-order chi connectivity index (χ1) is 11.1. The van der Waals surface area contributed by atoms with Gasteiger partial charge in [-0.25, -0.2) is 9.67 Å². The standard InChI is InChI=1S/C16H22ClN5O.ClH/c1-4-7-14-20-15(16(23)19-10-11(2)18-3)21-22(14)13-9-6-5-8-12(13)17;/h5-6,8-9,11,18H,4,7,10H2,1-3H3,(H,19,23);1H. The van der Waals surface area contributed by atoms with E-state index in [2.05, 4.69) is 27.6 Å². The molecule has 132 valence electrons. The Hall–Kier alpha value is -1.63. The van der Waals surface area contributed by atoms with Crippen LogP contribution < -0.4 is 10.6 Å². The van der Waals surface area contributed by atoms with Gasteiger partial charge in [-0.2, -0.15) is 0 Å². The van der Waals surface area contributed by atoms with E-state index in [0.717, 1.165) is 24.4 Å². The van der Waals surface area contributed by atoms with Gasteiger partial charge in [-0.15, -0.1) is 17.5 Å². The number of benzene rings is 1. The van der Waals surface area contributed by atoms with Crippen LogP contribution >= 0.6 is 24.0 Å². The van der Waals surface area contributed by atoms with Crippen LogP contribution in [0, 0.1) is 0 Å². The fourth-order valence-corrected chi connectivity index (χ4v) is 2.29. The second-order valence-electron chi connectivity index (χ2n) is 5.36. The zero-order valence-electron chi connectivity index (χ0n) is 14.0. The molecule has 0 radical (unpaired) electrons. The van der Waals surface area contributed by atoms with Gasteiger partial charge in [0.2, 0.25) is 5.82 Å². The molecule has 1 unspecified atom stereocenters. The fraction of sp³-hybridized carbons (Fsp3) is 0.438. The highest BCUT2D eigenvalue weighted by Gasteiger charge is 2.18. The van der Waals surface area contributed by atoms with Crippen LogP contribution in [0.25, 0.3) is 5.69 Å². The van der Waals surface area contributed by atoms with Gasteiger partial charge in [-0.3, -0.25) is 4.79 Å². The third-order valence-electron chi connectivity index (χ3n) is 3.49. The van der Waals surface area contributed by atoms with Crippen molar-refractivity contribution in [1.29, 1.82) is 0 Å². The van der Waals surface area contributed by atoms with Crippen molar-refractivity contribution in [3.05, 3.63) is 40.9 Å². The summed E-state index contributed by atoms with van der Waals surface area (Å²) in [6.07, 6.45) is 1.62. The number of rotatable bonds is 7. The van der Waals surface area contributed by atoms with E-state index in [0.29, 0.717) is 11.6 Å². The molecule has 0 saturated carbocycles. The third-order valence-corrected chi connectivity index (χ3v) is 3.81. The molecular weight excluding hydrogens is 349 g/mol. The SMILES string of the molecule is CCCc1nc(C(=O)NCC(C)NC)nn1-c1ccccc1Cl.Cl. The number of aryl methyl sites for hydroxylation is 1. The number of halogens is 2. The predicted molar refractivity (Wildman–Crippen MR) is 98.5 cm³/mol. The van der Waals surface area contributed by atoms with E-state index in [9.17, 15) is 4.79 Å². The van der Waals surface area contributed by atoms with Crippen molar-refractivity contribution in [3.63, 3.8) is 0 Å². The zero-order valence-corrected chi connectivity index (χ0v) is 15.6. The van der Waals surface area contributed by atoms with Crippen molar-refractivity contribution < 1.29 is 4.79 Å². The third kappa shape index (κ3) is 4.93. The zero-order chi connectivity index (χ0) is 16.8. The van der Waals surface area contributed by atoms with Crippen LogP contribution in [-0.4, -0.2) is 40.3 Å². The average molecular weight is 372 g/mol. The highest BCUT2D eigenvalue weighted by atomic mass is 35.5. The van der Waals surface area contributed by atoms with Gasteiger partial charge in [-0.05, 0) is 32.5 Å². The monoisotopic (exact) mass is 371 g/mol. The Morgan fingerprint density at radius 2 is 2.08 bits per heavy atom. The largest absolute Gasteiger partial charge is 0.348 e. The van der Waals surface area contributed by atoms with Crippen molar-refractivity contribution in [2.75, 3.05) is 13.6 Å². The Bertz CT molecular complexity index is 674. The van der Waals surface area contributed by atoms with Gasteiger partial charge >= 0.3 is 0 Å². The number of hydrogen-bond acceptors (Lipinski definition) is 4. The molecule has 0 saturated heterocycles. The minimum absolute atomic E-state index is 0. The number of likely N-dealkylation sites (N-methyl/N-ethyl adjacent to an activating group) is 1. The lowest BCUT2D eigenvalue weighted by atomic mass is 10.3. The lowest BCUT2D eigenvalue weighted by Crippen LogP contribution is -2.37. The predicted octanol–water partition coefficient (Wildman–Crippen LogP) is 2.63. The molecule has 2 rings (SSSR count). The van der Waals surface area contributed by atoms with Gasteiger partial charge in [0.1, 0.15) is 5.82 Å². The highest BCUT2D eigenvalue weighted by molar-refractivity contribution is 6.32. The van der Waals surface area contributed by atoms with Crippen LogP contribution in [0.15, 0.2) is 24.3 Å². The number of carbonyl (C=O) groups excluding carboxylic acids is 1. The molecular formula is C16H23Cl2N5O. The molecule has 0 aliphatic carbocycles. The first-order valence-corrected chi connectivity index (χ1v) is 8.10. The summed E-state index contributed by atoms with van der Waals surface area (Å²) >= 11 is 6.24. The van der Waals surface area contributed by atoms with E-state index in [4.69, 9.17) is 11.6 Å². The van der Waals surface area contributed by atoms with Crippen molar-refractivity contribution in [1.82, 2.24) is 25.4 Å². The Balaban J connectivity index is 0.00000288. The number of nitrogens with one attached hydrogen (secondary N) is 2. The van der Waals surface area contributed by atoms with E-state index in [1.165, 1.54) is 0 Å². The molecule has 8 heteroatoms.